The lowest BCUT2D eigenvalue weighted by molar-refractivity contribution is -0.885. The summed E-state index contributed by atoms with van der Waals surface area (Å²) in [4.78, 5) is 25.1. The first kappa shape index (κ1) is 20.2. The Balaban J connectivity index is 1.89. The predicted molar refractivity (Wildman–Crippen MR) is 101 cm³/mol. The van der Waals surface area contributed by atoms with Crippen molar-refractivity contribution in [3.63, 3.8) is 0 Å². The van der Waals surface area contributed by atoms with E-state index in [-0.39, 0.29) is 24.2 Å². The van der Waals surface area contributed by atoms with Gasteiger partial charge in [0.2, 0.25) is 0 Å². The van der Waals surface area contributed by atoms with Crippen LogP contribution in [-0.4, -0.2) is 31.4 Å². The maximum atomic E-state index is 12.9. The van der Waals surface area contributed by atoms with E-state index < -0.39 is 6.04 Å². The number of rotatable bonds is 6. The van der Waals surface area contributed by atoms with E-state index >= 15 is 0 Å². The zero-order valence-electron chi connectivity index (χ0n) is 14.3. The number of anilines is 2. The van der Waals surface area contributed by atoms with Gasteiger partial charge in [-0.15, -0.1) is 0 Å². The number of benzene rings is 2. The molecule has 0 aliphatic rings. The number of hydrogen-bond acceptors (Lipinski definition) is 2. The van der Waals surface area contributed by atoms with Gasteiger partial charge in [-0.25, -0.2) is 4.39 Å². The van der Waals surface area contributed by atoms with E-state index in [0.29, 0.717) is 26.3 Å². The molecule has 0 fully saturated rings. The molecule has 0 aromatic heterocycles. The minimum Gasteiger partial charge on any atom is -0.321 e. The molecule has 0 spiro atoms. The van der Waals surface area contributed by atoms with Crippen molar-refractivity contribution in [3.8, 4) is 0 Å². The third-order valence-electron chi connectivity index (χ3n) is 3.89. The van der Waals surface area contributed by atoms with Crippen molar-refractivity contribution in [1.29, 1.82) is 0 Å². The molecule has 5 nitrogen and oxygen atoms in total. The van der Waals surface area contributed by atoms with Gasteiger partial charge in [-0.05, 0) is 49.4 Å². The molecule has 26 heavy (non-hydrogen) atoms. The van der Waals surface area contributed by atoms with Crippen LogP contribution in [0.4, 0.5) is 15.8 Å². The van der Waals surface area contributed by atoms with Crippen molar-refractivity contribution in [2.75, 3.05) is 24.2 Å². The lowest BCUT2D eigenvalue weighted by Gasteiger charge is -2.20. The third-order valence-corrected chi connectivity index (χ3v) is 4.63. The van der Waals surface area contributed by atoms with Crippen LogP contribution in [0, 0.1) is 5.82 Å². The second kappa shape index (κ2) is 8.98. The maximum absolute atomic E-state index is 12.9. The highest BCUT2D eigenvalue weighted by Gasteiger charge is 2.24. The molecule has 2 rings (SSSR count). The van der Waals surface area contributed by atoms with E-state index in [1.54, 1.807) is 32.2 Å². The Morgan fingerprint density at radius 1 is 1.04 bits per heavy atom. The van der Waals surface area contributed by atoms with E-state index in [2.05, 4.69) is 10.6 Å². The summed E-state index contributed by atoms with van der Waals surface area (Å²) in [6, 6.07) is 9.80. The molecule has 3 N–H and O–H groups in total. The van der Waals surface area contributed by atoms with Crippen molar-refractivity contribution < 1.29 is 18.9 Å². The summed E-state index contributed by atoms with van der Waals surface area (Å²) < 4.78 is 12.9. The van der Waals surface area contributed by atoms with Gasteiger partial charge >= 0.3 is 0 Å². The summed E-state index contributed by atoms with van der Waals surface area (Å²) in [6.45, 7) is 1.79. The highest BCUT2D eigenvalue weighted by atomic mass is 35.5. The molecular formula is C18H19Cl2FN3O2+. The summed E-state index contributed by atoms with van der Waals surface area (Å²) in [5.74, 6) is -0.906. The Bertz CT molecular complexity index is 800. The molecule has 2 atom stereocenters. The van der Waals surface area contributed by atoms with Crippen LogP contribution in [0.1, 0.15) is 6.92 Å². The number of halogens is 3. The number of carbonyl (C=O) groups is 2. The molecule has 0 saturated heterocycles. The predicted octanol–water partition coefficient (Wildman–Crippen LogP) is 2.61. The van der Waals surface area contributed by atoms with Gasteiger partial charge in [0.05, 0.1) is 17.1 Å². The number of nitrogens with one attached hydrogen (secondary N) is 3. The van der Waals surface area contributed by atoms with Crippen molar-refractivity contribution in [2.45, 2.75) is 13.0 Å². The molecule has 2 aromatic rings. The van der Waals surface area contributed by atoms with Crippen molar-refractivity contribution in [1.82, 2.24) is 0 Å². The number of quaternary nitrogens is 1. The molecule has 0 bridgehead atoms. The molecule has 0 aliphatic heterocycles. The van der Waals surface area contributed by atoms with Gasteiger partial charge in [0.25, 0.3) is 11.8 Å². The lowest BCUT2D eigenvalue weighted by Crippen LogP contribution is -3.14. The van der Waals surface area contributed by atoms with Gasteiger partial charge in [-0.3, -0.25) is 9.59 Å². The van der Waals surface area contributed by atoms with Crippen LogP contribution in [0.3, 0.4) is 0 Å². The summed E-state index contributed by atoms with van der Waals surface area (Å²) in [7, 11) is 1.74. The van der Waals surface area contributed by atoms with Crippen LogP contribution in [0.25, 0.3) is 0 Å². The Hall–Kier alpha value is -2.15. The second-order valence-corrected chi connectivity index (χ2v) is 6.73. The fraction of sp³-hybridized carbons (Fsp3) is 0.222. The fourth-order valence-corrected chi connectivity index (χ4v) is 2.49. The summed E-state index contributed by atoms with van der Waals surface area (Å²) >= 11 is 11.8. The van der Waals surface area contributed by atoms with E-state index in [1.807, 2.05) is 0 Å². The van der Waals surface area contributed by atoms with Gasteiger partial charge in [0.15, 0.2) is 12.6 Å². The van der Waals surface area contributed by atoms with Crippen LogP contribution in [-0.2, 0) is 9.59 Å². The Labute approximate surface area is 161 Å². The lowest BCUT2D eigenvalue weighted by atomic mass is 10.2. The number of likely N-dealkylation sites (N-methyl/N-ethyl adjacent to an activating group) is 1. The summed E-state index contributed by atoms with van der Waals surface area (Å²) in [6.07, 6.45) is 0. The summed E-state index contributed by atoms with van der Waals surface area (Å²) in [5.41, 5.74) is 1.02. The number of carbonyl (C=O) groups excluding carboxylic acids is 2. The Morgan fingerprint density at radius 2 is 1.65 bits per heavy atom. The van der Waals surface area contributed by atoms with Crippen molar-refractivity contribution in [2.24, 2.45) is 0 Å². The van der Waals surface area contributed by atoms with Crippen molar-refractivity contribution >= 4 is 46.4 Å². The maximum Gasteiger partial charge on any atom is 0.282 e. The number of amides is 2. The van der Waals surface area contributed by atoms with Crippen LogP contribution in [0.5, 0.6) is 0 Å². The molecule has 1 unspecified atom stereocenters. The molecule has 2 amide bonds. The fourth-order valence-electron chi connectivity index (χ4n) is 2.19. The van der Waals surface area contributed by atoms with Gasteiger partial charge in [0.1, 0.15) is 5.82 Å². The smallest absolute Gasteiger partial charge is 0.282 e. The average molecular weight is 399 g/mol. The molecule has 0 saturated carbocycles. The molecule has 0 heterocycles. The minimum absolute atomic E-state index is 0.0816. The van der Waals surface area contributed by atoms with Gasteiger partial charge in [-0.2, -0.15) is 0 Å². The average Bonchev–Trinajstić information content (AvgIpc) is 2.59. The summed E-state index contributed by atoms with van der Waals surface area (Å²) in [5, 5.41) is 6.16. The highest BCUT2D eigenvalue weighted by Crippen LogP contribution is 2.24. The normalized spacial score (nSPS) is 13.0. The first-order valence-electron chi connectivity index (χ1n) is 7.90. The van der Waals surface area contributed by atoms with Gasteiger partial charge < -0.3 is 15.5 Å². The van der Waals surface area contributed by atoms with Crippen LogP contribution in [0.2, 0.25) is 10.0 Å². The zero-order valence-corrected chi connectivity index (χ0v) is 15.8. The van der Waals surface area contributed by atoms with E-state index in [0.717, 1.165) is 0 Å². The van der Waals surface area contributed by atoms with Crippen molar-refractivity contribution in [3.05, 3.63) is 58.3 Å². The number of hydrogen-bond donors (Lipinski definition) is 3. The van der Waals surface area contributed by atoms with E-state index in [1.165, 1.54) is 24.3 Å². The topological polar surface area (TPSA) is 62.6 Å². The first-order valence-corrected chi connectivity index (χ1v) is 8.65. The third kappa shape index (κ3) is 5.69. The molecule has 138 valence electrons. The highest BCUT2D eigenvalue weighted by molar-refractivity contribution is 6.42. The molecule has 8 heteroatoms. The molecule has 2 aromatic carbocycles. The zero-order chi connectivity index (χ0) is 19.3. The first-order chi connectivity index (χ1) is 12.3. The Kier molecular flexibility index (Phi) is 6.97. The minimum atomic E-state index is -0.486. The van der Waals surface area contributed by atoms with Crippen LogP contribution < -0.4 is 15.5 Å². The van der Waals surface area contributed by atoms with Gasteiger partial charge in [0, 0.05) is 11.4 Å². The second-order valence-electron chi connectivity index (χ2n) is 5.92. The van der Waals surface area contributed by atoms with Crippen LogP contribution in [0.15, 0.2) is 42.5 Å². The molecular weight excluding hydrogens is 380 g/mol. The quantitative estimate of drug-likeness (QED) is 0.700. The SMILES string of the molecule is C[C@H](C(=O)Nc1ccc(F)cc1)[NH+](C)CC(=O)Nc1ccc(Cl)c(Cl)c1. The monoisotopic (exact) mass is 398 g/mol. The largest absolute Gasteiger partial charge is 0.321 e. The van der Waals surface area contributed by atoms with Crippen LogP contribution >= 0.6 is 23.2 Å². The molecule has 0 aliphatic carbocycles. The van der Waals surface area contributed by atoms with E-state index in [4.69, 9.17) is 23.2 Å². The standard InChI is InChI=1S/C18H18Cl2FN3O2/c1-11(18(26)23-13-5-3-12(21)4-6-13)24(2)10-17(25)22-14-7-8-15(19)16(20)9-14/h3-9,11H,10H2,1-2H3,(H,22,25)(H,23,26)/p+1/t11-/m1/s1. The Morgan fingerprint density at radius 3 is 2.27 bits per heavy atom. The van der Waals surface area contributed by atoms with E-state index in [9.17, 15) is 14.0 Å². The van der Waals surface area contributed by atoms with Gasteiger partial charge in [-0.1, -0.05) is 23.2 Å². The molecule has 0 radical (unpaired) electrons.